The first kappa shape index (κ1) is 11.1. The van der Waals surface area contributed by atoms with E-state index in [1.165, 1.54) is 5.69 Å². The van der Waals surface area contributed by atoms with E-state index >= 15 is 0 Å². The van der Waals surface area contributed by atoms with E-state index in [9.17, 15) is 0 Å². The van der Waals surface area contributed by atoms with Gasteiger partial charge in [0, 0.05) is 28.6 Å². The molecule has 0 aliphatic carbocycles. The number of rotatable bonds is 1. The van der Waals surface area contributed by atoms with Crippen molar-refractivity contribution in [3.05, 3.63) is 23.8 Å². The summed E-state index contributed by atoms with van der Waals surface area (Å²) in [5.41, 5.74) is 2.28. The van der Waals surface area contributed by atoms with Crippen LogP contribution in [0.15, 0.2) is 12.3 Å². The lowest BCUT2D eigenvalue weighted by molar-refractivity contribution is 0.574. The molecule has 2 heterocycles. The summed E-state index contributed by atoms with van der Waals surface area (Å²) in [5, 5.41) is 1.09. The van der Waals surface area contributed by atoms with E-state index in [4.69, 9.17) is 0 Å². The van der Waals surface area contributed by atoms with Crippen molar-refractivity contribution >= 4 is 11.0 Å². The van der Waals surface area contributed by atoms with Crippen LogP contribution in [-0.2, 0) is 5.41 Å². The molecule has 86 valence electrons. The molecule has 0 aliphatic heterocycles. The normalized spacial score (nSPS) is 12.6. The fourth-order valence-corrected chi connectivity index (χ4v) is 1.61. The molecule has 2 aromatic rings. The summed E-state index contributed by atoms with van der Waals surface area (Å²) in [6, 6.07) is 2.14. The zero-order valence-electron chi connectivity index (χ0n) is 10.6. The maximum Gasteiger partial charge on any atom is 0.141 e. The van der Waals surface area contributed by atoms with Gasteiger partial charge in [-0.1, -0.05) is 34.6 Å². The van der Waals surface area contributed by atoms with E-state index in [-0.39, 0.29) is 5.41 Å². The van der Waals surface area contributed by atoms with Gasteiger partial charge in [-0.3, -0.25) is 0 Å². The van der Waals surface area contributed by atoms with E-state index in [1.54, 1.807) is 0 Å². The van der Waals surface area contributed by atoms with Crippen LogP contribution in [0.5, 0.6) is 0 Å². The number of fused-ring (bicyclic) bond motifs is 1. The van der Waals surface area contributed by atoms with Crippen molar-refractivity contribution in [1.82, 2.24) is 15.0 Å². The minimum Gasteiger partial charge on any atom is -0.343 e. The third-order valence-electron chi connectivity index (χ3n) is 2.71. The van der Waals surface area contributed by atoms with E-state index in [0.29, 0.717) is 5.92 Å². The summed E-state index contributed by atoms with van der Waals surface area (Å²) < 4.78 is 0. The van der Waals surface area contributed by atoms with Crippen molar-refractivity contribution < 1.29 is 0 Å². The molecule has 3 heteroatoms. The summed E-state index contributed by atoms with van der Waals surface area (Å²) in [5.74, 6) is 1.26. The Balaban J connectivity index is 2.54. The Labute approximate surface area is 96.3 Å². The van der Waals surface area contributed by atoms with E-state index in [0.717, 1.165) is 16.9 Å². The van der Waals surface area contributed by atoms with Crippen molar-refractivity contribution in [3.63, 3.8) is 0 Å². The highest BCUT2D eigenvalue weighted by Gasteiger charge is 2.17. The van der Waals surface area contributed by atoms with Gasteiger partial charge in [-0.25, -0.2) is 9.97 Å². The van der Waals surface area contributed by atoms with Crippen molar-refractivity contribution in [3.8, 4) is 0 Å². The van der Waals surface area contributed by atoms with E-state index in [1.807, 2.05) is 6.20 Å². The average molecular weight is 217 g/mol. The summed E-state index contributed by atoms with van der Waals surface area (Å²) in [4.78, 5) is 12.3. The monoisotopic (exact) mass is 217 g/mol. The number of hydrogen-bond donors (Lipinski definition) is 1. The molecule has 0 aromatic carbocycles. The highest BCUT2D eigenvalue weighted by atomic mass is 15.0. The van der Waals surface area contributed by atoms with Gasteiger partial charge in [0.05, 0.1) is 0 Å². The molecule has 1 N–H and O–H groups in total. The first-order valence-electron chi connectivity index (χ1n) is 5.74. The first-order chi connectivity index (χ1) is 7.38. The van der Waals surface area contributed by atoms with Gasteiger partial charge in [0.2, 0.25) is 0 Å². The van der Waals surface area contributed by atoms with Crippen molar-refractivity contribution in [2.24, 2.45) is 0 Å². The second-order valence-electron chi connectivity index (χ2n) is 5.62. The topological polar surface area (TPSA) is 41.6 Å². The molecular weight excluding hydrogens is 198 g/mol. The third kappa shape index (κ3) is 1.94. The van der Waals surface area contributed by atoms with Gasteiger partial charge in [-0.15, -0.1) is 0 Å². The van der Waals surface area contributed by atoms with Crippen LogP contribution in [0.25, 0.3) is 11.0 Å². The molecule has 0 fully saturated rings. The SMILES string of the molecule is CC(C)c1ncc2cc(C(C)(C)C)[nH]c2n1. The van der Waals surface area contributed by atoms with Crippen LogP contribution in [0.3, 0.4) is 0 Å². The van der Waals surface area contributed by atoms with Gasteiger partial charge in [-0.05, 0) is 6.07 Å². The van der Waals surface area contributed by atoms with Crippen LogP contribution in [0.2, 0.25) is 0 Å². The molecule has 0 saturated heterocycles. The van der Waals surface area contributed by atoms with Crippen LogP contribution >= 0.6 is 0 Å². The standard InChI is InChI=1S/C13H19N3/c1-8(2)11-14-7-9-6-10(13(3,4)5)15-12(9)16-11/h6-8H,1-5H3,(H,14,15,16). The molecule has 0 radical (unpaired) electrons. The lowest BCUT2D eigenvalue weighted by Gasteiger charge is -2.15. The minimum absolute atomic E-state index is 0.124. The van der Waals surface area contributed by atoms with Crippen molar-refractivity contribution in [2.45, 2.75) is 46.0 Å². The summed E-state index contributed by atoms with van der Waals surface area (Å²) in [7, 11) is 0. The summed E-state index contributed by atoms with van der Waals surface area (Å²) in [6.07, 6.45) is 1.91. The van der Waals surface area contributed by atoms with Crippen LogP contribution < -0.4 is 0 Å². The Hall–Kier alpha value is -1.38. The second kappa shape index (κ2) is 3.58. The van der Waals surface area contributed by atoms with Crippen LogP contribution in [-0.4, -0.2) is 15.0 Å². The third-order valence-corrected chi connectivity index (χ3v) is 2.71. The van der Waals surface area contributed by atoms with E-state index < -0.39 is 0 Å². The number of aromatic nitrogens is 3. The molecule has 0 unspecified atom stereocenters. The Morgan fingerprint density at radius 2 is 1.94 bits per heavy atom. The summed E-state index contributed by atoms with van der Waals surface area (Å²) in [6.45, 7) is 10.8. The molecule has 0 saturated carbocycles. The molecule has 2 rings (SSSR count). The minimum atomic E-state index is 0.124. The molecule has 0 bridgehead atoms. The fourth-order valence-electron chi connectivity index (χ4n) is 1.61. The van der Waals surface area contributed by atoms with Crippen LogP contribution in [0.1, 0.15) is 52.1 Å². The number of nitrogens with zero attached hydrogens (tertiary/aromatic N) is 2. The smallest absolute Gasteiger partial charge is 0.141 e. The van der Waals surface area contributed by atoms with Crippen molar-refractivity contribution in [2.75, 3.05) is 0 Å². The molecule has 0 atom stereocenters. The van der Waals surface area contributed by atoms with Gasteiger partial charge in [0.25, 0.3) is 0 Å². The number of hydrogen-bond acceptors (Lipinski definition) is 2. The van der Waals surface area contributed by atoms with Gasteiger partial charge < -0.3 is 4.98 Å². The Morgan fingerprint density at radius 3 is 2.50 bits per heavy atom. The molecule has 2 aromatic heterocycles. The predicted molar refractivity (Wildman–Crippen MR) is 66.7 cm³/mol. The molecule has 0 amide bonds. The molecule has 0 spiro atoms. The Morgan fingerprint density at radius 1 is 1.25 bits per heavy atom. The zero-order valence-corrected chi connectivity index (χ0v) is 10.6. The quantitative estimate of drug-likeness (QED) is 0.795. The Kier molecular flexibility index (Phi) is 2.49. The summed E-state index contributed by atoms with van der Waals surface area (Å²) >= 11 is 0. The molecular formula is C13H19N3. The average Bonchev–Trinajstić information content (AvgIpc) is 2.58. The van der Waals surface area contributed by atoms with Crippen LogP contribution in [0, 0.1) is 0 Å². The maximum atomic E-state index is 4.54. The lowest BCUT2D eigenvalue weighted by Crippen LogP contribution is -2.11. The van der Waals surface area contributed by atoms with Gasteiger partial charge in [0.1, 0.15) is 11.5 Å². The second-order valence-corrected chi connectivity index (χ2v) is 5.62. The van der Waals surface area contributed by atoms with Gasteiger partial charge in [0.15, 0.2) is 0 Å². The number of aromatic amines is 1. The van der Waals surface area contributed by atoms with Gasteiger partial charge >= 0.3 is 0 Å². The highest BCUT2D eigenvalue weighted by Crippen LogP contribution is 2.25. The molecule has 3 nitrogen and oxygen atoms in total. The van der Waals surface area contributed by atoms with E-state index in [2.05, 4.69) is 55.6 Å². The van der Waals surface area contributed by atoms with Crippen molar-refractivity contribution in [1.29, 1.82) is 0 Å². The zero-order chi connectivity index (χ0) is 11.9. The number of nitrogens with one attached hydrogen (secondary N) is 1. The Bertz CT molecular complexity index is 503. The van der Waals surface area contributed by atoms with Gasteiger partial charge in [-0.2, -0.15) is 0 Å². The number of H-pyrrole nitrogens is 1. The largest absolute Gasteiger partial charge is 0.343 e. The molecule has 16 heavy (non-hydrogen) atoms. The predicted octanol–water partition coefficient (Wildman–Crippen LogP) is 3.38. The first-order valence-corrected chi connectivity index (χ1v) is 5.74. The molecule has 0 aliphatic rings. The maximum absolute atomic E-state index is 4.54. The highest BCUT2D eigenvalue weighted by molar-refractivity contribution is 5.75. The lowest BCUT2D eigenvalue weighted by atomic mass is 9.92. The van der Waals surface area contributed by atoms with Crippen LogP contribution in [0.4, 0.5) is 0 Å². The fraction of sp³-hybridized carbons (Fsp3) is 0.538.